The van der Waals surface area contributed by atoms with E-state index in [0.29, 0.717) is 0 Å². The van der Waals surface area contributed by atoms with Crippen LogP contribution in [0.3, 0.4) is 0 Å². The van der Waals surface area contributed by atoms with E-state index in [9.17, 15) is 9.18 Å². The van der Waals surface area contributed by atoms with Crippen molar-refractivity contribution in [2.24, 2.45) is 0 Å². The minimum Gasteiger partial charge on any atom is -0.346 e. The van der Waals surface area contributed by atoms with Crippen molar-refractivity contribution in [3.8, 4) is 6.07 Å². The van der Waals surface area contributed by atoms with E-state index in [1.165, 1.54) is 11.0 Å². The van der Waals surface area contributed by atoms with Crippen LogP contribution in [0, 0.1) is 17.1 Å². The monoisotopic (exact) mass is 373 g/mol. The van der Waals surface area contributed by atoms with Gasteiger partial charge in [0.15, 0.2) is 5.13 Å². The first-order chi connectivity index (χ1) is 12.7. The van der Waals surface area contributed by atoms with Crippen LogP contribution >= 0.6 is 11.3 Å². The van der Waals surface area contributed by atoms with Crippen LogP contribution < -0.4 is 9.80 Å². The van der Waals surface area contributed by atoms with Gasteiger partial charge in [0.1, 0.15) is 5.82 Å². The molecule has 3 rings (SSSR count). The Bertz CT molecular complexity index is 768. The van der Waals surface area contributed by atoms with Gasteiger partial charge < -0.3 is 9.80 Å². The van der Waals surface area contributed by atoms with Crippen LogP contribution in [0.25, 0.3) is 0 Å². The number of nitrogens with zero attached hydrogens (tertiary/aromatic N) is 5. The minimum absolute atomic E-state index is 0.165. The average molecular weight is 373 g/mol. The Kier molecular flexibility index (Phi) is 6.15. The van der Waals surface area contributed by atoms with E-state index in [2.05, 4.69) is 14.8 Å². The van der Waals surface area contributed by atoms with E-state index in [4.69, 9.17) is 5.26 Å². The van der Waals surface area contributed by atoms with Gasteiger partial charge in [-0.1, -0.05) is 12.1 Å². The third-order valence-corrected chi connectivity index (χ3v) is 5.14. The highest BCUT2D eigenvalue weighted by Gasteiger charge is 2.24. The second kappa shape index (κ2) is 8.74. The Morgan fingerprint density at radius 2 is 2.08 bits per heavy atom. The van der Waals surface area contributed by atoms with Gasteiger partial charge in [0.2, 0.25) is 5.91 Å². The van der Waals surface area contributed by atoms with Gasteiger partial charge in [-0.2, -0.15) is 5.26 Å². The Morgan fingerprint density at radius 3 is 2.73 bits per heavy atom. The molecule has 1 amide bonds. The molecule has 0 N–H and O–H groups in total. The number of halogens is 1. The van der Waals surface area contributed by atoms with Crippen molar-refractivity contribution in [3.05, 3.63) is 41.7 Å². The number of aromatic nitrogens is 1. The molecule has 1 aromatic carbocycles. The van der Waals surface area contributed by atoms with E-state index in [1.807, 2.05) is 11.4 Å². The SMILES string of the molecule is N#CCCN(C(=O)CN1CCN(c2nccs2)CC1)c1ccccc1F. The second-order valence-corrected chi connectivity index (χ2v) is 6.86. The standard InChI is InChI=1S/C18H20FN5OS/c19-15-4-1-2-5-16(15)24(8-3-6-20)17(25)14-22-9-11-23(12-10-22)18-21-7-13-26-18/h1-2,4-5,7,13H,3,8-12,14H2. The van der Waals surface area contributed by atoms with Crippen molar-refractivity contribution in [2.75, 3.05) is 49.1 Å². The van der Waals surface area contributed by atoms with Crippen molar-refractivity contribution in [1.29, 1.82) is 5.26 Å². The van der Waals surface area contributed by atoms with E-state index in [0.717, 1.165) is 31.3 Å². The fourth-order valence-corrected chi connectivity index (χ4v) is 3.65. The molecule has 136 valence electrons. The molecule has 26 heavy (non-hydrogen) atoms. The van der Waals surface area contributed by atoms with Crippen molar-refractivity contribution < 1.29 is 9.18 Å². The highest BCUT2D eigenvalue weighted by Crippen LogP contribution is 2.21. The van der Waals surface area contributed by atoms with Crippen molar-refractivity contribution in [3.63, 3.8) is 0 Å². The van der Waals surface area contributed by atoms with Gasteiger partial charge in [0.25, 0.3) is 0 Å². The fourth-order valence-electron chi connectivity index (χ4n) is 2.96. The van der Waals surface area contributed by atoms with Crippen LogP contribution in [0.15, 0.2) is 35.8 Å². The molecule has 0 spiro atoms. The van der Waals surface area contributed by atoms with Crippen LogP contribution in [0.4, 0.5) is 15.2 Å². The molecule has 0 aliphatic carbocycles. The summed E-state index contributed by atoms with van der Waals surface area (Å²) in [5, 5.41) is 11.8. The number of para-hydroxylation sites is 1. The number of carbonyl (C=O) groups excluding carboxylic acids is 1. The smallest absolute Gasteiger partial charge is 0.241 e. The summed E-state index contributed by atoms with van der Waals surface area (Å²) in [5.41, 5.74) is 0.231. The number of benzene rings is 1. The number of nitriles is 1. The van der Waals surface area contributed by atoms with Crippen LogP contribution in [-0.4, -0.2) is 55.1 Å². The fraction of sp³-hybridized carbons (Fsp3) is 0.389. The summed E-state index contributed by atoms with van der Waals surface area (Å²) in [7, 11) is 0. The summed E-state index contributed by atoms with van der Waals surface area (Å²) in [5.74, 6) is -0.638. The third-order valence-electron chi connectivity index (χ3n) is 4.31. The Balaban J connectivity index is 1.61. The summed E-state index contributed by atoms with van der Waals surface area (Å²) in [6.45, 7) is 3.50. The lowest BCUT2D eigenvalue weighted by Gasteiger charge is -2.35. The molecule has 1 aliphatic rings. The number of rotatable bonds is 6. The minimum atomic E-state index is -0.452. The summed E-state index contributed by atoms with van der Waals surface area (Å²) in [4.78, 5) is 22.7. The number of carbonyl (C=O) groups is 1. The maximum atomic E-state index is 14.1. The van der Waals surface area contributed by atoms with Gasteiger partial charge >= 0.3 is 0 Å². The molecule has 1 aliphatic heterocycles. The van der Waals surface area contributed by atoms with Crippen molar-refractivity contribution >= 4 is 28.1 Å². The quantitative estimate of drug-likeness (QED) is 0.778. The van der Waals surface area contributed by atoms with Crippen LogP contribution in [0.1, 0.15) is 6.42 Å². The first kappa shape index (κ1) is 18.3. The second-order valence-electron chi connectivity index (χ2n) is 5.98. The molecule has 0 radical (unpaired) electrons. The highest BCUT2D eigenvalue weighted by atomic mass is 32.1. The Labute approximate surface area is 156 Å². The molecule has 0 saturated carbocycles. The predicted molar refractivity (Wildman–Crippen MR) is 99.8 cm³/mol. The number of hydrogen-bond acceptors (Lipinski definition) is 6. The molecule has 8 heteroatoms. The normalized spacial score (nSPS) is 14.8. The first-order valence-electron chi connectivity index (χ1n) is 8.47. The van der Waals surface area contributed by atoms with Gasteiger partial charge in [0.05, 0.1) is 24.7 Å². The number of piperazine rings is 1. The Morgan fingerprint density at radius 1 is 1.31 bits per heavy atom. The van der Waals surface area contributed by atoms with E-state index in [1.54, 1.807) is 35.7 Å². The van der Waals surface area contributed by atoms with Crippen LogP contribution in [0.2, 0.25) is 0 Å². The topological polar surface area (TPSA) is 63.5 Å². The molecule has 0 atom stereocenters. The van der Waals surface area contributed by atoms with Gasteiger partial charge in [-0.05, 0) is 12.1 Å². The number of thiazole rings is 1. The molecule has 2 aromatic rings. The Hall–Kier alpha value is -2.50. The zero-order valence-electron chi connectivity index (χ0n) is 14.3. The lowest BCUT2D eigenvalue weighted by molar-refractivity contribution is -0.119. The van der Waals surface area contributed by atoms with Crippen LogP contribution in [0.5, 0.6) is 0 Å². The van der Waals surface area contributed by atoms with E-state index in [-0.39, 0.29) is 31.1 Å². The zero-order chi connectivity index (χ0) is 18.4. The summed E-state index contributed by atoms with van der Waals surface area (Å²) >= 11 is 1.61. The lowest BCUT2D eigenvalue weighted by Crippen LogP contribution is -2.50. The number of amides is 1. The van der Waals surface area contributed by atoms with E-state index >= 15 is 0 Å². The summed E-state index contributed by atoms with van der Waals surface area (Å²) in [6.07, 6.45) is 1.95. The van der Waals surface area contributed by atoms with Gasteiger partial charge in [-0.25, -0.2) is 9.37 Å². The predicted octanol–water partition coefficient (Wildman–Crippen LogP) is 2.35. The summed E-state index contributed by atoms with van der Waals surface area (Å²) < 4.78 is 14.1. The first-order valence-corrected chi connectivity index (χ1v) is 9.35. The molecule has 6 nitrogen and oxygen atoms in total. The maximum absolute atomic E-state index is 14.1. The molecule has 2 heterocycles. The third kappa shape index (κ3) is 4.36. The van der Waals surface area contributed by atoms with Crippen LogP contribution in [-0.2, 0) is 4.79 Å². The molecular weight excluding hydrogens is 353 g/mol. The number of hydrogen-bond donors (Lipinski definition) is 0. The number of anilines is 2. The van der Waals surface area contributed by atoms with Gasteiger partial charge in [-0.3, -0.25) is 9.69 Å². The molecule has 0 unspecified atom stereocenters. The van der Waals surface area contributed by atoms with Crippen molar-refractivity contribution in [2.45, 2.75) is 6.42 Å². The maximum Gasteiger partial charge on any atom is 0.241 e. The van der Waals surface area contributed by atoms with E-state index < -0.39 is 5.82 Å². The highest BCUT2D eigenvalue weighted by molar-refractivity contribution is 7.13. The van der Waals surface area contributed by atoms with Gasteiger partial charge in [-0.15, -0.1) is 11.3 Å². The molecule has 1 fully saturated rings. The largest absolute Gasteiger partial charge is 0.346 e. The summed E-state index contributed by atoms with van der Waals surface area (Å²) in [6, 6.07) is 8.21. The molecule has 1 aromatic heterocycles. The zero-order valence-corrected chi connectivity index (χ0v) is 15.2. The lowest BCUT2D eigenvalue weighted by atomic mass is 10.2. The molecule has 1 saturated heterocycles. The molecular formula is C18H20FN5OS. The average Bonchev–Trinajstić information content (AvgIpc) is 3.19. The van der Waals surface area contributed by atoms with Gasteiger partial charge in [0, 0.05) is 44.3 Å². The van der Waals surface area contributed by atoms with Crippen molar-refractivity contribution in [1.82, 2.24) is 9.88 Å². The molecule has 0 bridgehead atoms.